The summed E-state index contributed by atoms with van der Waals surface area (Å²) in [6.07, 6.45) is 3.54. The summed E-state index contributed by atoms with van der Waals surface area (Å²) in [6, 6.07) is 9.43. The fourth-order valence-electron chi connectivity index (χ4n) is 3.38. The van der Waals surface area contributed by atoms with Gasteiger partial charge in [0.1, 0.15) is 6.04 Å². The molecule has 7 nitrogen and oxygen atoms in total. The van der Waals surface area contributed by atoms with Crippen molar-refractivity contribution in [1.82, 2.24) is 19.9 Å². The molecule has 3 heterocycles. The van der Waals surface area contributed by atoms with Crippen LogP contribution in [0.5, 0.6) is 0 Å². The standard InChI is InChI=1S/C18H20N6O/c1-13(16-21-15-6-3-2-5-14(15)17(25)22-16)23-9-11-24(12-10-23)18-19-7-4-8-20-18/h2-8,13H,9-12H2,1H3,(H,21,22,25)/p+1/t13-/m0/s1. The average molecular weight is 337 g/mol. The maximum Gasteiger partial charge on any atom is 0.258 e. The van der Waals surface area contributed by atoms with Gasteiger partial charge in [0.2, 0.25) is 5.95 Å². The number of para-hydroxylation sites is 1. The van der Waals surface area contributed by atoms with E-state index in [0.717, 1.165) is 43.5 Å². The van der Waals surface area contributed by atoms with E-state index in [1.54, 1.807) is 18.5 Å². The highest BCUT2D eigenvalue weighted by atomic mass is 16.1. The minimum atomic E-state index is -0.0665. The Morgan fingerprint density at radius 2 is 1.84 bits per heavy atom. The van der Waals surface area contributed by atoms with Crippen molar-refractivity contribution >= 4 is 16.9 Å². The molecule has 0 radical (unpaired) electrons. The number of quaternary nitrogens is 1. The van der Waals surface area contributed by atoms with Crippen molar-refractivity contribution in [3.05, 3.63) is 58.9 Å². The van der Waals surface area contributed by atoms with E-state index < -0.39 is 0 Å². The summed E-state index contributed by atoms with van der Waals surface area (Å²) in [4.78, 5) is 32.2. The molecule has 1 aromatic carbocycles. The third-order valence-electron chi connectivity index (χ3n) is 4.89. The van der Waals surface area contributed by atoms with Crippen molar-refractivity contribution in [2.45, 2.75) is 13.0 Å². The van der Waals surface area contributed by atoms with E-state index in [1.165, 1.54) is 4.90 Å². The number of anilines is 1. The number of hydrogen-bond acceptors (Lipinski definition) is 5. The molecule has 1 aliphatic rings. The van der Waals surface area contributed by atoms with Crippen LogP contribution in [0.1, 0.15) is 18.8 Å². The Hall–Kier alpha value is -2.80. The maximum absolute atomic E-state index is 12.3. The molecule has 1 saturated heterocycles. The lowest BCUT2D eigenvalue weighted by molar-refractivity contribution is -0.930. The van der Waals surface area contributed by atoms with Gasteiger partial charge in [-0.1, -0.05) is 12.1 Å². The molecule has 4 rings (SSSR count). The Kier molecular flexibility index (Phi) is 4.15. The first kappa shape index (κ1) is 15.7. The summed E-state index contributed by atoms with van der Waals surface area (Å²) >= 11 is 0. The number of rotatable bonds is 3. The van der Waals surface area contributed by atoms with Crippen LogP contribution in [-0.4, -0.2) is 46.1 Å². The van der Waals surface area contributed by atoms with Gasteiger partial charge in [0.05, 0.1) is 37.1 Å². The number of nitrogens with one attached hydrogen (secondary N) is 2. The smallest absolute Gasteiger partial charge is 0.258 e. The van der Waals surface area contributed by atoms with Crippen LogP contribution in [0.15, 0.2) is 47.5 Å². The van der Waals surface area contributed by atoms with Crippen molar-refractivity contribution in [1.29, 1.82) is 0 Å². The first-order valence-electron chi connectivity index (χ1n) is 8.58. The molecule has 128 valence electrons. The zero-order valence-corrected chi connectivity index (χ0v) is 14.1. The molecule has 7 heteroatoms. The monoisotopic (exact) mass is 337 g/mol. The lowest BCUT2D eigenvalue weighted by Crippen LogP contribution is -3.14. The van der Waals surface area contributed by atoms with Gasteiger partial charge in [0, 0.05) is 12.4 Å². The van der Waals surface area contributed by atoms with E-state index in [1.807, 2.05) is 24.3 Å². The van der Waals surface area contributed by atoms with Crippen molar-refractivity contribution in [2.75, 3.05) is 31.1 Å². The molecular formula is C18H21N6O+. The van der Waals surface area contributed by atoms with Crippen LogP contribution < -0.4 is 15.4 Å². The number of fused-ring (bicyclic) bond motifs is 1. The first-order valence-corrected chi connectivity index (χ1v) is 8.58. The van der Waals surface area contributed by atoms with Gasteiger partial charge in [-0.05, 0) is 25.1 Å². The van der Waals surface area contributed by atoms with Gasteiger partial charge in [-0.15, -0.1) is 0 Å². The summed E-state index contributed by atoms with van der Waals surface area (Å²) in [5.74, 6) is 1.54. The van der Waals surface area contributed by atoms with Crippen LogP contribution in [0, 0.1) is 0 Å². The molecule has 0 spiro atoms. The molecule has 0 saturated carbocycles. The van der Waals surface area contributed by atoms with E-state index in [2.05, 4.69) is 31.8 Å². The normalized spacial score (nSPS) is 16.9. The molecule has 2 N–H and O–H groups in total. The Labute approximate surface area is 145 Å². The van der Waals surface area contributed by atoms with Crippen molar-refractivity contribution in [3.63, 3.8) is 0 Å². The van der Waals surface area contributed by atoms with Gasteiger partial charge in [-0.2, -0.15) is 0 Å². The average Bonchev–Trinajstić information content (AvgIpc) is 2.68. The third kappa shape index (κ3) is 3.10. The van der Waals surface area contributed by atoms with E-state index in [9.17, 15) is 4.79 Å². The summed E-state index contributed by atoms with van der Waals surface area (Å²) in [7, 11) is 0. The molecular weight excluding hydrogens is 316 g/mol. The van der Waals surface area contributed by atoms with Gasteiger partial charge >= 0.3 is 0 Å². The Morgan fingerprint density at radius 3 is 2.60 bits per heavy atom. The highest BCUT2D eigenvalue weighted by molar-refractivity contribution is 5.77. The second-order valence-corrected chi connectivity index (χ2v) is 6.38. The topological polar surface area (TPSA) is 79.2 Å². The Balaban J connectivity index is 1.51. The predicted octanol–water partition coefficient (Wildman–Crippen LogP) is 0.179. The fraction of sp³-hybridized carbons (Fsp3) is 0.333. The lowest BCUT2D eigenvalue weighted by Gasteiger charge is -2.34. The minimum absolute atomic E-state index is 0.0665. The molecule has 1 fully saturated rings. The first-order chi connectivity index (χ1) is 12.2. The summed E-state index contributed by atoms with van der Waals surface area (Å²) in [6.45, 7) is 5.81. The van der Waals surface area contributed by atoms with Gasteiger partial charge in [-0.25, -0.2) is 15.0 Å². The van der Waals surface area contributed by atoms with Crippen LogP contribution in [-0.2, 0) is 0 Å². The SMILES string of the molecule is C[C@@H](c1nc2ccccc2c(=O)[nH]1)[NH+]1CCN(c2ncccn2)CC1. The second-order valence-electron chi connectivity index (χ2n) is 6.38. The second kappa shape index (κ2) is 6.60. The highest BCUT2D eigenvalue weighted by Crippen LogP contribution is 2.10. The van der Waals surface area contributed by atoms with E-state index in [-0.39, 0.29) is 11.6 Å². The van der Waals surface area contributed by atoms with E-state index in [0.29, 0.717) is 5.39 Å². The number of nitrogens with zero attached hydrogens (tertiary/aromatic N) is 4. The Bertz CT molecular complexity index is 918. The van der Waals surface area contributed by atoms with Crippen LogP contribution in [0.25, 0.3) is 10.9 Å². The molecule has 25 heavy (non-hydrogen) atoms. The molecule has 1 atom stereocenters. The van der Waals surface area contributed by atoms with Gasteiger partial charge in [0.15, 0.2) is 5.82 Å². The molecule has 2 aromatic heterocycles. The largest absolute Gasteiger partial charge is 0.330 e. The van der Waals surface area contributed by atoms with Crippen LogP contribution in [0.2, 0.25) is 0 Å². The molecule has 0 bridgehead atoms. The van der Waals surface area contributed by atoms with E-state index in [4.69, 9.17) is 0 Å². The van der Waals surface area contributed by atoms with Crippen LogP contribution in [0.4, 0.5) is 5.95 Å². The third-order valence-corrected chi connectivity index (χ3v) is 4.89. The number of H-pyrrole nitrogens is 1. The van der Waals surface area contributed by atoms with E-state index >= 15 is 0 Å². The van der Waals surface area contributed by atoms with Crippen molar-refractivity contribution in [3.8, 4) is 0 Å². The molecule has 0 aliphatic carbocycles. The predicted molar refractivity (Wildman–Crippen MR) is 95.7 cm³/mol. The van der Waals surface area contributed by atoms with Gasteiger partial charge in [-0.3, -0.25) is 4.79 Å². The van der Waals surface area contributed by atoms with Gasteiger partial charge in [0.25, 0.3) is 5.56 Å². The van der Waals surface area contributed by atoms with Crippen LogP contribution >= 0.6 is 0 Å². The van der Waals surface area contributed by atoms with Crippen LogP contribution in [0.3, 0.4) is 0 Å². The molecule has 1 aliphatic heterocycles. The minimum Gasteiger partial charge on any atom is -0.330 e. The maximum atomic E-state index is 12.3. The van der Waals surface area contributed by atoms with Gasteiger partial charge < -0.3 is 14.8 Å². The molecule has 0 amide bonds. The summed E-state index contributed by atoms with van der Waals surface area (Å²) in [5.41, 5.74) is 0.687. The number of piperazine rings is 1. The van der Waals surface area contributed by atoms with Crippen molar-refractivity contribution in [2.24, 2.45) is 0 Å². The highest BCUT2D eigenvalue weighted by Gasteiger charge is 2.28. The summed E-state index contributed by atoms with van der Waals surface area (Å²) < 4.78 is 0. The number of benzene rings is 1. The zero-order valence-electron chi connectivity index (χ0n) is 14.1. The number of aromatic nitrogens is 4. The van der Waals surface area contributed by atoms with Crippen molar-refractivity contribution < 1.29 is 4.90 Å². The molecule has 3 aromatic rings. The Morgan fingerprint density at radius 1 is 1.12 bits per heavy atom. The number of hydrogen-bond donors (Lipinski definition) is 2. The zero-order chi connectivity index (χ0) is 17.2. The lowest BCUT2D eigenvalue weighted by atomic mass is 10.2. The number of aromatic amines is 1. The summed E-state index contributed by atoms with van der Waals surface area (Å²) in [5, 5.41) is 0.638. The molecule has 0 unspecified atom stereocenters. The fourth-order valence-corrected chi connectivity index (χ4v) is 3.38. The quantitative estimate of drug-likeness (QED) is 0.713.